The van der Waals surface area contributed by atoms with Gasteiger partial charge in [-0.3, -0.25) is 9.79 Å². The summed E-state index contributed by atoms with van der Waals surface area (Å²) in [6.07, 6.45) is 0.768. The SMILES string of the molecule is CCNC(=NCCc1cccc(C(=O)N(C)C)c1)NCCOc1ccc(C(C)C)cc1.I. The summed E-state index contributed by atoms with van der Waals surface area (Å²) in [7, 11) is 3.52. The highest BCUT2D eigenvalue weighted by Gasteiger charge is 2.08. The second-order valence-electron chi connectivity index (χ2n) is 7.91. The van der Waals surface area contributed by atoms with E-state index in [-0.39, 0.29) is 29.9 Å². The van der Waals surface area contributed by atoms with Gasteiger partial charge in [0.25, 0.3) is 5.91 Å². The van der Waals surface area contributed by atoms with Gasteiger partial charge in [0.1, 0.15) is 12.4 Å². The van der Waals surface area contributed by atoms with Gasteiger partial charge in [-0.05, 0) is 54.7 Å². The van der Waals surface area contributed by atoms with Crippen LogP contribution in [0, 0.1) is 0 Å². The van der Waals surface area contributed by atoms with E-state index in [1.807, 2.05) is 43.3 Å². The molecule has 0 aliphatic carbocycles. The molecule has 6 nitrogen and oxygen atoms in total. The Morgan fingerprint density at radius 1 is 1.09 bits per heavy atom. The minimum absolute atomic E-state index is 0. The van der Waals surface area contributed by atoms with Crippen LogP contribution in [0.15, 0.2) is 53.5 Å². The number of hydrogen-bond donors (Lipinski definition) is 2. The smallest absolute Gasteiger partial charge is 0.253 e. The minimum Gasteiger partial charge on any atom is -0.492 e. The molecule has 2 rings (SSSR count). The van der Waals surface area contributed by atoms with Crippen molar-refractivity contribution >= 4 is 35.8 Å². The number of aliphatic imine (C=N–C) groups is 1. The maximum Gasteiger partial charge on any atom is 0.253 e. The molecule has 7 heteroatoms. The van der Waals surface area contributed by atoms with Crippen molar-refractivity contribution in [1.29, 1.82) is 0 Å². The third-order valence-corrected chi connectivity index (χ3v) is 4.80. The molecule has 1 amide bonds. The van der Waals surface area contributed by atoms with Gasteiger partial charge in [-0.25, -0.2) is 0 Å². The fourth-order valence-corrected chi connectivity index (χ4v) is 3.04. The third-order valence-electron chi connectivity index (χ3n) is 4.80. The summed E-state index contributed by atoms with van der Waals surface area (Å²) in [4.78, 5) is 18.4. The lowest BCUT2D eigenvalue weighted by Crippen LogP contribution is -2.39. The van der Waals surface area contributed by atoms with Crippen molar-refractivity contribution in [3.05, 3.63) is 65.2 Å². The summed E-state index contributed by atoms with van der Waals surface area (Å²) >= 11 is 0. The minimum atomic E-state index is 0. The molecule has 0 fully saturated rings. The first-order chi connectivity index (χ1) is 14.9. The Morgan fingerprint density at radius 3 is 2.44 bits per heavy atom. The van der Waals surface area contributed by atoms with Crippen LogP contribution < -0.4 is 15.4 Å². The van der Waals surface area contributed by atoms with E-state index in [2.05, 4.69) is 41.6 Å². The van der Waals surface area contributed by atoms with E-state index in [0.29, 0.717) is 31.2 Å². The standard InChI is InChI=1S/C25H36N4O2.HI/c1-6-26-25(28-16-17-31-23-12-10-21(11-13-23)19(2)3)27-15-14-20-8-7-9-22(18-20)24(30)29(4)5;/h7-13,18-19H,6,14-17H2,1-5H3,(H2,26,27,28);1H. The van der Waals surface area contributed by atoms with Gasteiger partial charge in [0.05, 0.1) is 6.54 Å². The van der Waals surface area contributed by atoms with Crippen LogP contribution in [0.4, 0.5) is 0 Å². The Hall–Kier alpha value is -2.29. The van der Waals surface area contributed by atoms with Gasteiger partial charge < -0.3 is 20.3 Å². The van der Waals surface area contributed by atoms with Gasteiger partial charge in [-0.15, -0.1) is 24.0 Å². The van der Waals surface area contributed by atoms with Crippen LogP contribution in [0.5, 0.6) is 5.75 Å². The summed E-state index contributed by atoms with van der Waals surface area (Å²) in [5.41, 5.74) is 3.11. The number of rotatable bonds is 10. The molecule has 0 saturated carbocycles. The molecular weight excluding hydrogens is 515 g/mol. The van der Waals surface area contributed by atoms with Crippen molar-refractivity contribution in [2.24, 2.45) is 4.99 Å². The Balaban J connectivity index is 0.00000512. The van der Waals surface area contributed by atoms with E-state index in [1.54, 1.807) is 19.0 Å². The van der Waals surface area contributed by atoms with Crippen LogP contribution in [0.3, 0.4) is 0 Å². The summed E-state index contributed by atoms with van der Waals surface area (Å²) in [6, 6.07) is 16.0. The normalized spacial score (nSPS) is 11.0. The third kappa shape index (κ3) is 9.46. The summed E-state index contributed by atoms with van der Waals surface area (Å²) < 4.78 is 5.82. The average Bonchev–Trinajstić information content (AvgIpc) is 2.76. The summed E-state index contributed by atoms with van der Waals surface area (Å²) in [5.74, 6) is 2.17. The molecule has 0 aromatic heterocycles. The number of nitrogens with one attached hydrogen (secondary N) is 2. The number of guanidine groups is 1. The highest BCUT2D eigenvalue weighted by molar-refractivity contribution is 14.0. The Bertz CT molecular complexity index is 851. The van der Waals surface area contributed by atoms with E-state index in [9.17, 15) is 4.79 Å². The second kappa shape index (κ2) is 14.7. The van der Waals surface area contributed by atoms with E-state index in [0.717, 1.165) is 30.2 Å². The molecule has 0 bridgehead atoms. The van der Waals surface area contributed by atoms with Crippen LogP contribution in [-0.2, 0) is 6.42 Å². The molecule has 0 saturated heterocycles. The molecule has 0 aliphatic heterocycles. The van der Waals surface area contributed by atoms with Crippen molar-refractivity contribution in [2.45, 2.75) is 33.1 Å². The quantitative estimate of drug-likeness (QED) is 0.200. The Labute approximate surface area is 209 Å². The fraction of sp³-hybridized carbons (Fsp3) is 0.440. The van der Waals surface area contributed by atoms with Gasteiger partial charge in [0.15, 0.2) is 5.96 Å². The largest absolute Gasteiger partial charge is 0.492 e. The molecule has 0 radical (unpaired) electrons. The van der Waals surface area contributed by atoms with Gasteiger partial charge in [0, 0.05) is 32.7 Å². The number of halogens is 1. The van der Waals surface area contributed by atoms with E-state index in [4.69, 9.17) is 4.74 Å². The Kier molecular flexibility index (Phi) is 12.8. The van der Waals surface area contributed by atoms with Crippen molar-refractivity contribution < 1.29 is 9.53 Å². The number of hydrogen-bond acceptors (Lipinski definition) is 3. The van der Waals surface area contributed by atoms with Crippen LogP contribution in [0.1, 0.15) is 48.2 Å². The molecule has 2 N–H and O–H groups in total. The maximum atomic E-state index is 12.1. The molecule has 0 unspecified atom stereocenters. The first kappa shape index (κ1) is 27.7. The van der Waals surface area contributed by atoms with E-state index < -0.39 is 0 Å². The highest BCUT2D eigenvalue weighted by Crippen LogP contribution is 2.18. The van der Waals surface area contributed by atoms with Crippen LogP contribution in [0.25, 0.3) is 0 Å². The molecular formula is C25H37IN4O2. The molecule has 0 aliphatic rings. The summed E-state index contributed by atoms with van der Waals surface area (Å²) in [6.45, 7) is 9.04. The number of amides is 1. The zero-order valence-electron chi connectivity index (χ0n) is 19.9. The topological polar surface area (TPSA) is 66.0 Å². The van der Waals surface area contributed by atoms with Crippen LogP contribution >= 0.6 is 24.0 Å². The van der Waals surface area contributed by atoms with Crippen LogP contribution in [-0.4, -0.2) is 57.1 Å². The van der Waals surface area contributed by atoms with Crippen molar-refractivity contribution in [1.82, 2.24) is 15.5 Å². The molecule has 0 spiro atoms. The maximum absolute atomic E-state index is 12.1. The fourth-order valence-electron chi connectivity index (χ4n) is 3.04. The number of carbonyl (C=O) groups excluding carboxylic acids is 1. The number of nitrogens with zero attached hydrogens (tertiary/aromatic N) is 2. The van der Waals surface area contributed by atoms with Crippen molar-refractivity contribution in [3.8, 4) is 5.75 Å². The Morgan fingerprint density at radius 2 is 1.81 bits per heavy atom. The van der Waals surface area contributed by atoms with E-state index >= 15 is 0 Å². The predicted octanol–water partition coefficient (Wildman–Crippen LogP) is 4.31. The molecule has 0 heterocycles. The number of carbonyl (C=O) groups is 1. The monoisotopic (exact) mass is 552 g/mol. The van der Waals surface area contributed by atoms with Gasteiger partial charge >= 0.3 is 0 Å². The molecule has 0 atom stereocenters. The lowest BCUT2D eigenvalue weighted by molar-refractivity contribution is 0.0827. The second-order valence-corrected chi connectivity index (χ2v) is 7.91. The lowest BCUT2D eigenvalue weighted by Gasteiger charge is -2.13. The van der Waals surface area contributed by atoms with Crippen LogP contribution in [0.2, 0.25) is 0 Å². The van der Waals surface area contributed by atoms with Gasteiger partial charge in [0.2, 0.25) is 0 Å². The molecule has 176 valence electrons. The first-order valence-electron chi connectivity index (χ1n) is 11.0. The molecule has 2 aromatic carbocycles. The number of benzene rings is 2. The van der Waals surface area contributed by atoms with Gasteiger partial charge in [-0.1, -0.05) is 38.1 Å². The van der Waals surface area contributed by atoms with Crippen molar-refractivity contribution in [3.63, 3.8) is 0 Å². The first-order valence-corrected chi connectivity index (χ1v) is 11.0. The zero-order valence-corrected chi connectivity index (χ0v) is 22.2. The predicted molar refractivity (Wildman–Crippen MR) is 144 cm³/mol. The van der Waals surface area contributed by atoms with Crippen molar-refractivity contribution in [2.75, 3.05) is 40.3 Å². The highest BCUT2D eigenvalue weighted by atomic mass is 127. The van der Waals surface area contributed by atoms with E-state index in [1.165, 1.54) is 5.56 Å². The zero-order chi connectivity index (χ0) is 22.6. The lowest BCUT2D eigenvalue weighted by atomic mass is 10.0. The molecule has 32 heavy (non-hydrogen) atoms. The van der Waals surface area contributed by atoms with Gasteiger partial charge in [-0.2, -0.15) is 0 Å². The molecule has 2 aromatic rings. The summed E-state index contributed by atoms with van der Waals surface area (Å²) in [5, 5.41) is 6.56. The number of ether oxygens (including phenoxy) is 1. The average molecular weight is 553 g/mol.